The van der Waals surface area contributed by atoms with Crippen LogP contribution in [0, 0.1) is 0 Å². The van der Waals surface area contributed by atoms with Crippen molar-refractivity contribution in [1.29, 1.82) is 0 Å². The molecule has 1 unspecified atom stereocenters. The summed E-state index contributed by atoms with van der Waals surface area (Å²) in [5.41, 5.74) is 4.24. The fourth-order valence-corrected chi connectivity index (χ4v) is 3.99. The van der Waals surface area contributed by atoms with Crippen molar-refractivity contribution in [3.8, 4) is 22.8 Å². The average Bonchev–Trinajstić information content (AvgIpc) is 3.25. The van der Waals surface area contributed by atoms with Crippen LogP contribution in [0.5, 0.6) is 11.5 Å². The number of methoxy groups -OCH3 is 2. The van der Waals surface area contributed by atoms with Crippen molar-refractivity contribution < 1.29 is 19.4 Å². The molecule has 1 atom stereocenters. The standard InChI is InChI=1S/C27H25ClN2O4/c1-33-23-12-6-18(7-13-23)17-30-26(19-8-10-21(28)11-9-19)16-22(29-30)15-25(27(31)32)20-4-3-5-24(14-20)34-2/h3-14,16,25H,15,17H2,1-2H3,(H,31,32). The Morgan fingerprint density at radius 3 is 2.32 bits per heavy atom. The first-order valence-electron chi connectivity index (χ1n) is 10.8. The number of aromatic nitrogens is 2. The van der Waals surface area contributed by atoms with Gasteiger partial charge in [-0.3, -0.25) is 9.48 Å². The third-order valence-electron chi connectivity index (χ3n) is 5.67. The summed E-state index contributed by atoms with van der Waals surface area (Å²) in [6, 6.07) is 24.4. The van der Waals surface area contributed by atoms with Crippen molar-refractivity contribution in [3.05, 3.63) is 101 Å². The van der Waals surface area contributed by atoms with E-state index in [1.807, 2.05) is 59.3 Å². The lowest BCUT2D eigenvalue weighted by Gasteiger charge is -2.12. The van der Waals surface area contributed by atoms with E-state index in [4.69, 9.17) is 26.2 Å². The Hall–Kier alpha value is -3.77. The molecule has 0 radical (unpaired) electrons. The third kappa shape index (κ3) is 5.41. The number of ether oxygens (including phenoxy) is 2. The van der Waals surface area contributed by atoms with Crippen molar-refractivity contribution in [3.63, 3.8) is 0 Å². The van der Waals surface area contributed by atoms with Crippen molar-refractivity contribution >= 4 is 17.6 Å². The normalized spacial score (nSPS) is 11.7. The van der Waals surface area contributed by atoms with Gasteiger partial charge in [-0.15, -0.1) is 0 Å². The Balaban J connectivity index is 1.69. The average molecular weight is 477 g/mol. The first-order valence-corrected chi connectivity index (χ1v) is 11.2. The van der Waals surface area contributed by atoms with Crippen LogP contribution in [0.3, 0.4) is 0 Å². The van der Waals surface area contributed by atoms with Crippen molar-refractivity contribution in [2.75, 3.05) is 14.2 Å². The number of carboxylic acids is 1. The van der Waals surface area contributed by atoms with E-state index in [2.05, 4.69) is 0 Å². The molecular weight excluding hydrogens is 452 g/mol. The number of hydrogen-bond acceptors (Lipinski definition) is 4. The van der Waals surface area contributed by atoms with Crippen LogP contribution in [0.25, 0.3) is 11.3 Å². The Kier molecular flexibility index (Phi) is 7.18. The summed E-state index contributed by atoms with van der Waals surface area (Å²) < 4.78 is 12.4. The number of hydrogen-bond donors (Lipinski definition) is 1. The molecule has 0 aliphatic carbocycles. The van der Waals surface area contributed by atoms with Gasteiger partial charge in [0, 0.05) is 11.4 Å². The lowest BCUT2D eigenvalue weighted by atomic mass is 9.94. The number of carbonyl (C=O) groups is 1. The van der Waals surface area contributed by atoms with Crippen molar-refractivity contribution in [2.45, 2.75) is 18.9 Å². The molecule has 0 bridgehead atoms. The van der Waals surface area contributed by atoms with Gasteiger partial charge in [0.25, 0.3) is 0 Å². The molecule has 4 aromatic rings. The highest BCUT2D eigenvalue weighted by atomic mass is 35.5. The molecule has 174 valence electrons. The molecule has 3 aromatic carbocycles. The molecule has 7 heteroatoms. The number of rotatable bonds is 9. The minimum atomic E-state index is -0.911. The van der Waals surface area contributed by atoms with Crippen LogP contribution in [-0.4, -0.2) is 35.1 Å². The van der Waals surface area contributed by atoms with Gasteiger partial charge >= 0.3 is 5.97 Å². The fraction of sp³-hybridized carbons (Fsp3) is 0.185. The first kappa shape index (κ1) is 23.4. The molecule has 0 aliphatic rings. The van der Waals surface area contributed by atoms with Gasteiger partial charge in [-0.25, -0.2) is 0 Å². The van der Waals surface area contributed by atoms with Crippen molar-refractivity contribution in [1.82, 2.24) is 9.78 Å². The highest BCUT2D eigenvalue weighted by Crippen LogP contribution is 2.28. The minimum absolute atomic E-state index is 0.249. The number of benzene rings is 3. The van der Waals surface area contributed by atoms with Crippen LogP contribution >= 0.6 is 11.6 Å². The van der Waals surface area contributed by atoms with Gasteiger partial charge < -0.3 is 14.6 Å². The van der Waals surface area contributed by atoms with Crippen LogP contribution < -0.4 is 9.47 Å². The van der Waals surface area contributed by atoms with Crippen LogP contribution in [0.2, 0.25) is 5.02 Å². The van der Waals surface area contributed by atoms with Crippen LogP contribution in [0.15, 0.2) is 78.9 Å². The lowest BCUT2D eigenvalue weighted by Crippen LogP contribution is -2.15. The molecule has 1 heterocycles. The lowest BCUT2D eigenvalue weighted by molar-refractivity contribution is -0.138. The van der Waals surface area contributed by atoms with E-state index in [0.29, 0.717) is 28.6 Å². The predicted octanol–water partition coefficient (Wildman–Crippen LogP) is 5.68. The smallest absolute Gasteiger partial charge is 0.311 e. The maximum absolute atomic E-state index is 12.2. The molecule has 1 aromatic heterocycles. The summed E-state index contributed by atoms with van der Waals surface area (Å²) in [4.78, 5) is 12.2. The van der Waals surface area contributed by atoms with E-state index in [9.17, 15) is 9.90 Å². The molecule has 0 fully saturated rings. The third-order valence-corrected chi connectivity index (χ3v) is 5.92. The van der Waals surface area contributed by atoms with Gasteiger partial charge in [0.1, 0.15) is 11.5 Å². The molecule has 1 N–H and O–H groups in total. The molecule has 0 amide bonds. The maximum Gasteiger partial charge on any atom is 0.311 e. The number of halogens is 1. The van der Waals surface area contributed by atoms with Crippen LogP contribution in [-0.2, 0) is 17.8 Å². The molecule has 0 spiro atoms. The summed E-state index contributed by atoms with van der Waals surface area (Å²) in [5.74, 6) is -0.260. The van der Waals surface area contributed by atoms with Crippen LogP contribution in [0.1, 0.15) is 22.7 Å². The van der Waals surface area contributed by atoms with Crippen LogP contribution in [0.4, 0.5) is 0 Å². The Bertz CT molecular complexity index is 1270. The van der Waals surface area contributed by atoms with Gasteiger partial charge in [-0.05, 0) is 59.2 Å². The largest absolute Gasteiger partial charge is 0.497 e. The van der Waals surface area contributed by atoms with Crippen molar-refractivity contribution in [2.24, 2.45) is 0 Å². The summed E-state index contributed by atoms with van der Waals surface area (Å²) in [7, 11) is 3.20. The monoisotopic (exact) mass is 476 g/mol. The Morgan fingerprint density at radius 2 is 1.68 bits per heavy atom. The van der Waals surface area contributed by atoms with E-state index >= 15 is 0 Å². The summed E-state index contributed by atoms with van der Waals surface area (Å²) in [6.07, 6.45) is 0.249. The highest BCUT2D eigenvalue weighted by molar-refractivity contribution is 6.30. The summed E-state index contributed by atoms with van der Waals surface area (Å²) >= 11 is 6.09. The van der Waals surface area contributed by atoms with E-state index < -0.39 is 11.9 Å². The zero-order valence-corrected chi connectivity index (χ0v) is 19.7. The van der Waals surface area contributed by atoms with Gasteiger partial charge in [0.2, 0.25) is 0 Å². The number of nitrogens with zero attached hydrogens (tertiary/aromatic N) is 2. The molecule has 6 nitrogen and oxygen atoms in total. The van der Waals surface area contributed by atoms with Gasteiger partial charge in [0.15, 0.2) is 0 Å². The second-order valence-electron chi connectivity index (χ2n) is 7.91. The quantitative estimate of drug-likeness (QED) is 0.336. The molecule has 34 heavy (non-hydrogen) atoms. The van der Waals surface area contributed by atoms with E-state index in [1.54, 1.807) is 38.5 Å². The maximum atomic E-state index is 12.2. The second kappa shape index (κ2) is 10.4. The highest BCUT2D eigenvalue weighted by Gasteiger charge is 2.23. The topological polar surface area (TPSA) is 73.6 Å². The predicted molar refractivity (Wildman–Crippen MR) is 132 cm³/mol. The summed E-state index contributed by atoms with van der Waals surface area (Å²) in [6.45, 7) is 0.527. The van der Waals surface area contributed by atoms with E-state index in [0.717, 1.165) is 22.6 Å². The second-order valence-corrected chi connectivity index (χ2v) is 8.34. The Labute approximate surface area is 203 Å². The minimum Gasteiger partial charge on any atom is -0.497 e. The Morgan fingerprint density at radius 1 is 0.971 bits per heavy atom. The van der Waals surface area contributed by atoms with Gasteiger partial charge in [0.05, 0.1) is 38.1 Å². The van der Waals surface area contributed by atoms with Gasteiger partial charge in [-0.2, -0.15) is 5.10 Å². The summed E-state index contributed by atoms with van der Waals surface area (Å²) in [5, 5.41) is 15.4. The SMILES string of the molecule is COc1ccc(Cn2nc(CC(C(=O)O)c3cccc(OC)c3)cc2-c2ccc(Cl)cc2)cc1. The molecule has 4 rings (SSSR count). The van der Waals surface area contributed by atoms with E-state index in [-0.39, 0.29) is 6.42 Å². The molecular formula is C27H25ClN2O4. The molecule has 0 saturated heterocycles. The molecule has 0 saturated carbocycles. The van der Waals surface area contributed by atoms with E-state index in [1.165, 1.54) is 0 Å². The zero-order chi connectivity index (χ0) is 24.1. The first-order chi connectivity index (χ1) is 16.5. The zero-order valence-electron chi connectivity index (χ0n) is 18.9. The molecule has 0 aliphatic heterocycles. The van der Waals surface area contributed by atoms with Gasteiger partial charge in [-0.1, -0.05) is 48.0 Å². The number of aliphatic carboxylic acids is 1. The fourth-order valence-electron chi connectivity index (χ4n) is 3.86. The number of carboxylic acid groups (broad SMARTS) is 1.